The lowest BCUT2D eigenvalue weighted by molar-refractivity contribution is -0.385. The number of rotatable bonds is 2. The molecule has 104 valence electrons. The zero-order chi connectivity index (χ0) is 13.7. The Balaban J connectivity index is 2.16. The van der Waals surface area contributed by atoms with E-state index in [1.54, 1.807) is 0 Å². The number of anilines is 1. The van der Waals surface area contributed by atoms with Crippen molar-refractivity contribution in [3.05, 3.63) is 34.1 Å². The predicted molar refractivity (Wildman–Crippen MR) is 73.0 cm³/mol. The van der Waals surface area contributed by atoms with E-state index in [-0.39, 0.29) is 5.69 Å². The zero-order valence-corrected chi connectivity index (χ0v) is 11.0. The van der Waals surface area contributed by atoms with Crippen molar-refractivity contribution >= 4 is 11.4 Å². The van der Waals surface area contributed by atoms with Crippen LogP contribution < -0.4 is 4.90 Å². The van der Waals surface area contributed by atoms with E-state index in [1.165, 1.54) is 37.8 Å². The molecule has 0 saturated carbocycles. The highest BCUT2D eigenvalue weighted by Crippen LogP contribution is 2.25. The fourth-order valence-electron chi connectivity index (χ4n) is 2.53. The molecular weight excluding hydrogens is 247 g/mol. The van der Waals surface area contributed by atoms with E-state index in [4.69, 9.17) is 0 Å². The van der Waals surface area contributed by atoms with Crippen molar-refractivity contribution in [3.8, 4) is 0 Å². The number of halogens is 1. The van der Waals surface area contributed by atoms with Crippen LogP contribution in [0.3, 0.4) is 0 Å². The summed E-state index contributed by atoms with van der Waals surface area (Å²) in [5.74, 6) is -0.492. The van der Waals surface area contributed by atoms with Crippen LogP contribution in [0.25, 0.3) is 0 Å². The van der Waals surface area contributed by atoms with Crippen molar-refractivity contribution in [2.24, 2.45) is 0 Å². The first-order chi connectivity index (χ1) is 9.18. The van der Waals surface area contributed by atoms with Crippen LogP contribution in [0, 0.1) is 15.9 Å². The summed E-state index contributed by atoms with van der Waals surface area (Å²) in [4.78, 5) is 12.1. The summed E-state index contributed by atoms with van der Waals surface area (Å²) in [6, 6.07) is 3.93. The summed E-state index contributed by atoms with van der Waals surface area (Å²) in [6.45, 7) is 1.66. The Bertz CT molecular complexity index is 441. The first kappa shape index (κ1) is 13.8. The van der Waals surface area contributed by atoms with Crippen molar-refractivity contribution in [2.75, 3.05) is 18.0 Å². The Kier molecular flexibility index (Phi) is 4.71. The minimum Gasteiger partial charge on any atom is -0.369 e. The average molecular weight is 266 g/mol. The van der Waals surface area contributed by atoms with Gasteiger partial charge in [0.1, 0.15) is 0 Å². The highest BCUT2D eigenvalue weighted by Gasteiger charge is 2.16. The zero-order valence-electron chi connectivity index (χ0n) is 11.0. The first-order valence-electron chi connectivity index (χ1n) is 6.87. The molecule has 0 aliphatic carbocycles. The maximum Gasteiger partial charge on any atom is 0.272 e. The average Bonchev–Trinajstić information content (AvgIpc) is 2.52. The van der Waals surface area contributed by atoms with Crippen LogP contribution in [0.2, 0.25) is 0 Å². The molecule has 2 rings (SSSR count). The minimum atomic E-state index is -0.564. The van der Waals surface area contributed by atoms with Crippen LogP contribution in [0.4, 0.5) is 15.8 Å². The van der Waals surface area contributed by atoms with Crippen molar-refractivity contribution in [1.82, 2.24) is 0 Å². The van der Waals surface area contributed by atoms with E-state index < -0.39 is 10.7 Å². The number of nitro benzene ring substituents is 1. The summed E-state index contributed by atoms with van der Waals surface area (Å²) in [5.41, 5.74) is 0.304. The normalized spacial score (nSPS) is 17.4. The van der Waals surface area contributed by atoms with Crippen LogP contribution in [-0.2, 0) is 0 Å². The van der Waals surface area contributed by atoms with Gasteiger partial charge in [-0.05, 0) is 18.9 Å². The van der Waals surface area contributed by atoms with Crippen molar-refractivity contribution in [3.63, 3.8) is 0 Å². The Morgan fingerprint density at radius 1 is 1.05 bits per heavy atom. The van der Waals surface area contributed by atoms with Crippen molar-refractivity contribution in [2.45, 2.75) is 38.5 Å². The maximum atomic E-state index is 14.0. The van der Waals surface area contributed by atoms with Crippen LogP contribution in [0.15, 0.2) is 18.2 Å². The lowest BCUT2D eigenvalue weighted by Gasteiger charge is -2.24. The van der Waals surface area contributed by atoms with Gasteiger partial charge in [0.25, 0.3) is 5.69 Å². The quantitative estimate of drug-likeness (QED) is 0.602. The van der Waals surface area contributed by atoms with E-state index in [0.717, 1.165) is 32.0 Å². The van der Waals surface area contributed by atoms with Gasteiger partial charge >= 0.3 is 0 Å². The van der Waals surface area contributed by atoms with Crippen LogP contribution in [-0.4, -0.2) is 18.0 Å². The molecule has 0 radical (unpaired) electrons. The summed E-state index contributed by atoms with van der Waals surface area (Å²) in [5, 5.41) is 10.6. The molecule has 0 N–H and O–H groups in total. The molecule has 1 aromatic carbocycles. The molecule has 1 aliphatic rings. The van der Waals surface area contributed by atoms with Gasteiger partial charge in [-0.1, -0.05) is 25.7 Å². The monoisotopic (exact) mass is 266 g/mol. The molecule has 4 nitrogen and oxygen atoms in total. The molecule has 19 heavy (non-hydrogen) atoms. The van der Waals surface area contributed by atoms with Gasteiger partial charge < -0.3 is 4.90 Å². The lowest BCUT2D eigenvalue weighted by atomic mass is 10.1. The number of nitro groups is 1. The lowest BCUT2D eigenvalue weighted by Crippen LogP contribution is -2.26. The van der Waals surface area contributed by atoms with E-state index in [1.807, 2.05) is 4.90 Å². The first-order valence-corrected chi connectivity index (χ1v) is 6.87. The Morgan fingerprint density at radius 2 is 1.63 bits per heavy atom. The van der Waals surface area contributed by atoms with Crippen LogP contribution >= 0.6 is 0 Å². The molecule has 0 bridgehead atoms. The van der Waals surface area contributed by atoms with Crippen molar-refractivity contribution < 1.29 is 9.31 Å². The molecule has 0 spiro atoms. The van der Waals surface area contributed by atoms with Gasteiger partial charge in [0.2, 0.25) is 0 Å². The third-order valence-corrected chi connectivity index (χ3v) is 3.59. The third kappa shape index (κ3) is 3.66. The van der Waals surface area contributed by atoms with E-state index in [2.05, 4.69) is 0 Å². The van der Waals surface area contributed by atoms with Gasteiger partial charge in [-0.2, -0.15) is 0 Å². The molecule has 5 heteroatoms. The highest BCUT2D eigenvalue weighted by molar-refractivity contribution is 5.52. The number of benzene rings is 1. The number of hydrogen-bond donors (Lipinski definition) is 0. The second-order valence-electron chi connectivity index (χ2n) is 5.00. The van der Waals surface area contributed by atoms with E-state index >= 15 is 0 Å². The van der Waals surface area contributed by atoms with Crippen LogP contribution in [0.5, 0.6) is 0 Å². The largest absolute Gasteiger partial charge is 0.369 e. The Hall–Kier alpha value is -1.65. The summed E-state index contributed by atoms with van der Waals surface area (Å²) in [7, 11) is 0. The maximum absolute atomic E-state index is 14.0. The van der Waals surface area contributed by atoms with Gasteiger partial charge in [0, 0.05) is 19.2 Å². The second kappa shape index (κ2) is 6.50. The van der Waals surface area contributed by atoms with E-state index in [9.17, 15) is 14.5 Å². The molecule has 1 heterocycles. The van der Waals surface area contributed by atoms with E-state index in [0.29, 0.717) is 5.69 Å². The predicted octanol–water partition coefficient (Wildman–Crippen LogP) is 3.89. The smallest absolute Gasteiger partial charge is 0.272 e. The summed E-state index contributed by atoms with van der Waals surface area (Å²) in [6.07, 6.45) is 6.94. The summed E-state index contributed by atoms with van der Waals surface area (Å²) >= 11 is 0. The van der Waals surface area contributed by atoms with Gasteiger partial charge in [-0.3, -0.25) is 10.1 Å². The fourth-order valence-corrected chi connectivity index (χ4v) is 2.53. The van der Waals surface area contributed by atoms with Gasteiger partial charge in [-0.25, -0.2) is 4.39 Å². The molecule has 1 aromatic rings. The topological polar surface area (TPSA) is 46.4 Å². The molecular formula is C14H19FN2O2. The number of hydrogen-bond acceptors (Lipinski definition) is 3. The molecule has 0 amide bonds. The molecule has 1 aliphatic heterocycles. The molecule has 0 unspecified atom stereocenters. The number of non-ortho nitro benzene ring substituents is 1. The van der Waals surface area contributed by atoms with Crippen molar-refractivity contribution in [1.29, 1.82) is 0 Å². The minimum absolute atomic E-state index is 0.189. The molecule has 0 aromatic heterocycles. The Labute approximate surface area is 112 Å². The molecule has 1 saturated heterocycles. The summed E-state index contributed by atoms with van der Waals surface area (Å²) < 4.78 is 14.0. The SMILES string of the molecule is O=[N+]([O-])c1ccc(N2CCCCCCCC2)c(F)c1. The fraction of sp³-hybridized carbons (Fsp3) is 0.571. The van der Waals surface area contributed by atoms with Gasteiger partial charge in [0.15, 0.2) is 5.82 Å². The number of nitrogens with zero attached hydrogens (tertiary/aromatic N) is 2. The second-order valence-corrected chi connectivity index (χ2v) is 5.00. The highest BCUT2D eigenvalue weighted by atomic mass is 19.1. The Morgan fingerprint density at radius 3 is 2.16 bits per heavy atom. The van der Waals surface area contributed by atoms with Gasteiger partial charge in [0.05, 0.1) is 16.7 Å². The van der Waals surface area contributed by atoms with Crippen LogP contribution in [0.1, 0.15) is 38.5 Å². The third-order valence-electron chi connectivity index (χ3n) is 3.59. The molecule has 0 atom stereocenters. The standard InChI is InChI=1S/C14H19FN2O2/c15-13-11-12(17(18)19)7-8-14(13)16-9-5-3-1-2-4-6-10-16/h7-8,11H,1-6,9-10H2. The molecule has 1 fully saturated rings. The van der Waals surface area contributed by atoms with Gasteiger partial charge in [-0.15, -0.1) is 0 Å².